The van der Waals surface area contributed by atoms with Crippen molar-refractivity contribution in [1.29, 1.82) is 0 Å². The van der Waals surface area contributed by atoms with E-state index in [1.165, 1.54) is 36.6 Å². The molecule has 2 heterocycles. The van der Waals surface area contributed by atoms with Gasteiger partial charge in [-0.2, -0.15) is 5.10 Å². The fourth-order valence-electron chi connectivity index (χ4n) is 3.35. The second-order valence-electron chi connectivity index (χ2n) is 6.91. The number of hydrogen-bond donors (Lipinski definition) is 0. The molecule has 0 spiro atoms. The molecule has 0 fully saturated rings. The van der Waals surface area contributed by atoms with Crippen molar-refractivity contribution in [1.82, 2.24) is 5.01 Å². The van der Waals surface area contributed by atoms with Crippen LogP contribution < -0.4 is 9.47 Å². The number of ether oxygens (including phenoxy) is 2. The first-order chi connectivity index (χ1) is 15.5. The standard InChI is InChI=1S/C22H18ClN3O6/c1-30-16-8-9-21(19(11-16)26(28)29)32-13-22(27)25-18(20-3-2-10-31-20)12-17(24-25)14-4-6-15(23)7-5-14/h2-11,18H,12-13H2,1H3. The Hall–Kier alpha value is -3.85. The van der Waals surface area contributed by atoms with Gasteiger partial charge in [-0.05, 0) is 42.0 Å². The van der Waals surface area contributed by atoms with Gasteiger partial charge in [0, 0.05) is 11.4 Å². The molecule has 0 bridgehead atoms. The fraction of sp³-hybridized carbons (Fsp3) is 0.182. The van der Waals surface area contributed by atoms with E-state index in [4.69, 9.17) is 25.5 Å². The van der Waals surface area contributed by atoms with E-state index in [1.54, 1.807) is 24.3 Å². The van der Waals surface area contributed by atoms with Crippen molar-refractivity contribution in [3.63, 3.8) is 0 Å². The van der Waals surface area contributed by atoms with Gasteiger partial charge in [0.25, 0.3) is 5.91 Å². The molecule has 0 N–H and O–H groups in total. The minimum Gasteiger partial charge on any atom is -0.496 e. The Morgan fingerprint density at radius 3 is 2.72 bits per heavy atom. The summed E-state index contributed by atoms with van der Waals surface area (Å²) in [6.45, 7) is -0.443. The van der Waals surface area contributed by atoms with Crippen molar-refractivity contribution < 1.29 is 23.6 Å². The molecule has 10 heteroatoms. The number of carbonyl (C=O) groups is 1. The van der Waals surface area contributed by atoms with E-state index in [-0.39, 0.29) is 11.4 Å². The lowest BCUT2D eigenvalue weighted by Gasteiger charge is -2.20. The zero-order valence-electron chi connectivity index (χ0n) is 16.9. The molecule has 0 saturated carbocycles. The van der Waals surface area contributed by atoms with Gasteiger partial charge in [0.05, 0.1) is 30.1 Å². The molecule has 164 valence electrons. The van der Waals surface area contributed by atoms with Gasteiger partial charge in [-0.15, -0.1) is 0 Å². The van der Waals surface area contributed by atoms with Crippen LogP contribution in [0.4, 0.5) is 5.69 Å². The average Bonchev–Trinajstić information content (AvgIpc) is 3.48. The minimum atomic E-state index is -0.597. The highest BCUT2D eigenvalue weighted by atomic mass is 35.5. The Morgan fingerprint density at radius 2 is 2.06 bits per heavy atom. The third-order valence-corrected chi connectivity index (χ3v) is 5.18. The van der Waals surface area contributed by atoms with E-state index in [0.29, 0.717) is 28.7 Å². The zero-order valence-corrected chi connectivity index (χ0v) is 17.7. The topological polar surface area (TPSA) is 107 Å². The first kappa shape index (κ1) is 21.4. The lowest BCUT2D eigenvalue weighted by Crippen LogP contribution is -2.31. The van der Waals surface area contributed by atoms with Crippen molar-refractivity contribution >= 4 is 28.9 Å². The first-order valence-electron chi connectivity index (χ1n) is 9.60. The molecular weight excluding hydrogens is 438 g/mol. The van der Waals surface area contributed by atoms with Gasteiger partial charge in [0.1, 0.15) is 17.6 Å². The van der Waals surface area contributed by atoms with Crippen LogP contribution in [0.15, 0.2) is 70.4 Å². The summed E-state index contributed by atoms with van der Waals surface area (Å²) in [5, 5.41) is 17.7. The largest absolute Gasteiger partial charge is 0.496 e. The number of nitro benzene ring substituents is 1. The molecule has 1 unspecified atom stereocenters. The third kappa shape index (κ3) is 4.42. The highest BCUT2D eigenvalue weighted by Crippen LogP contribution is 2.34. The number of carbonyl (C=O) groups excluding carboxylic acids is 1. The molecule has 2 aromatic carbocycles. The number of nitro groups is 1. The van der Waals surface area contributed by atoms with E-state index in [1.807, 2.05) is 12.1 Å². The second-order valence-corrected chi connectivity index (χ2v) is 7.34. The van der Waals surface area contributed by atoms with E-state index >= 15 is 0 Å². The lowest BCUT2D eigenvalue weighted by atomic mass is 10.0. The number of nitrogens with zero attached hydrogens (tertiary/aromatic N) is 3. The van der Waals surface area contributed by atoms with Crippen LogP contribution in [-0.4, -0.2) is 35.3 Å². The van der Waals surface area contributed by atoms with Gasteiger partial charge in [-0.3, -0.25) is 14.9 Å². The zero-order chi connectivity index (χ0) is 22.7. The van der Waals surface area contributed by atoms with Crippen LogP contribution in [0.25, 0.3) is 0 Å². The molecule has 0 saturated heterocycles. The number of methoxy groups -OCH3 is 1. The quantitative estimate of drug-likeness (QED) is 0.380. The van der Waals surface area contributed by atoms with Gasteiger partial charge >= 0.3 is 5.69 Å². The fourth-order valence-corrected chi connectivity index (χ4v) is 3.48. The van der Waals surface area contributed by atoms with Gasteiger partial charge in [0.15, 0.2) is 12.4 Å². The highest BCUT2D eigenvalue weighted by molar-refractivity contribution is 6.30. The van der Waals surface area contributed by atoms with Gasteiger partial charge < -0.3 is 13.9 Å². The summed E-state index contributed by atoms with van der Waals surface area (Å²) in [7, 11) is 1.40. The Morgan fingerprint density at radius 1 is 1.28 bits per heavy atom. The number of benzene rings is 2. The summed E-state index contributed by atoms with van der Waals surface area (Å²) >= 11 is 5.97. The van der Waals surface area contributed by atoms with Crippen LogP contribution in [0.1, 0.15) is 23.8 Å². The molecule has 1 aliphatic rings. The molecule has 1 aliphatic heterocycles. The summed E-state index contributed by atoms with van der Waals surface area (Å²) in [5.74, 6) is 0.367. The van der Waals surface area contributed by atoms with Crippen LogP contribution in [0.3, 0.4) is 0 Å². The molecule has 1 aromatic heterocycles. The van der Waals surface area contributed by atoms with Crippen molar-refractivity contribution in [2.75, 3.05) is 13.7 Å². The summed E-state index contributed by atoms with van der Waals surface area (Å²) in [5.41, 5.74) is 1.21. The summed E-state index contributed by atoms with van der Waals surface area (Å²) in [6.07, 6.45) is 1.96. The maximum Gasteiger partial charge on any atom is 0.314 e. The molecule has 3 aromatic rings. The predicted octanol–water partition coefficient (Wildman–Crippen LogP) is 4.61. The first-order valence-corrected chi connectivity index (χ1v) is 9.98. The second kappa shape index (κ2) is 9.11. The number of hydrazone groups is 1. The lowest BCUT2D eigenvalue weighted by molar-refractivity contribution is -0.385. The molecule has 32 heavy (non-hydrogen) atoms. The Bertz CT molecular complexity index is 1160. The van der Waals surface area contributed by atoms with Crippen LogP contribution in [0.2, 0.25) is 5.02 Å². The molecular formula is C22H18ClN3O6. The molecule has 0 aliphatic carbocycles. The van der Waals surface area contributed by atoms with E-state index < -0.39 is 23.5 Å². The van der Waals surface area contributed by atoms with E-state index in [2.05, 4.69) is 5.10 Å². The van der Waals surface area contributed by atoms with Crippen molar-refractivity contribution in [2.24, 2.45) is 5.10 Å². The number of halogens is 1. The molecule has 4 rings (SSSR count). The van der Waals surface area contributed by atoms with Crippen LogP contribution >= 0.6 is 11.6 Å². The SMILES string of the molecule is COc1ccc(OCC(=O)N2N=C(c3ccc(Cl)cc3)CC2c2ccco2)c([N+](=O)[O-])c1. The van der Waals surface area contributed by atoms with Crippen LogP contribution in [0, 0.1) is 10.1 Å². The van der Waals surface area contributed by atoms with Crippen molar-refractivity contribution in [3.05, 3.63) is 87.3 Å². The van der Waals surface area contributed by atoms with Crippen LogP contribution in [0.5, 0.6) is 11.5 Å². The Balaban J connectivity index is 1.56. The maximum atomic E-state index is 13.0. The molecule has 9 nitrogen and oxygen atoms in total. The summed E-state index contributed by atoms with van der Waals surface area (Å²) in [4.78, 5) is 23.8. The van der Waals surface area contributed by atoms with Gasteiger partial charge in [0.2, 0.25) is 0 Å². The molecule has 0 radical (unpaired) electrons. The number of rotatable bonds is 7. The normalized spacial score (nSPS) is 15.4. The highest BCUT2D eigenvalue weighted by Gasteiger charge is 2.35. The monoisotopic (exact) mass is 455 g/mol. The van der Waals surface area contributed by atoms with Crippen molar-refractivity contribution in [2.45, 2.75) is 12.5 Å². The number of furan rings is 1. The smallest absolute Gasteiger partial charge is 0.314 e. The summed E-state index contributed by atoms with van der Waals surface area (Å²) in [6, 6.07) is 14.3. The van der Waals surface area contributed by atoms with Gasteiger partial charge in [-0.1, -0.05) is 23.7 Å². The van der Waals surface area contributed by atoms with E-state index in [0.717, 1.165) is 5.56 Å². The van der Waals surface area contributed by atoms with Gasteiger partial charge in [-0.25, -0.2) is 5.01 Å². The predicted molar refractivity (Wildman–Crippen MR) is 116 cm³/mol. The number of amides is 1. The number of hydrogen-bond acceptors (Lipinski definition) is 7. The average molecular weight is 456 g/mol. The molecule has 1 amide bonds. The molecule has 1 atom stereocenters. The summed E-state index contributed by atoms with van der Waals surface area (Å²) < 4.78 is 16.0. The maximum absolute atomic E-state index is 13.0. The van der Waals surface area contributed by atoms with E-state index in [9.17, 15) is 14.9 Å². The Kier molecular flexibility index (Phi) is 6.09. The van der Waals surface area contributed by atoms with Crippen LogP contribution in [-0.2, 0) is 4.79 Å². The third-order valence-electron chi connectivity index (χ3n) is 4.93. The van der Waals surface area contributed by atoms with Crippen molar-refractivity contribution in [3.8, 4) is 11.5 Å². The minimum absolute atomic E-state index is 0.0419. The Labute approximate surface area is 187 Å².